The van der Waals surface area contributed by atoms with Crippen LogP contribution in [-0.2, 0) is 11.2 Å². The summed E-state index contributed by atoms with van der Waals surface area (Å²) in [4.78, 5) is 38.9. The number of carbonyl (C=O) groups excluding carboxylic acids is 2. The second-order valence-electron chi connectivity index (χ2n) is 8.63. The lowest BCUT2D eigenvalue weighted by atomic mass is 10.0. The van der Waals surface area contributed by atoms with Gasteiger partial charge in [0.2, 0.25) is 0 Å². The first-order valence-corrected chi connectivity index (χ1v) is 11.5. The molecule has 1 fully saturated rings. The van der Waals surface area contributed by atoms with Crippen molar-refractivity contribution in [2.75, 3.05) is 20.1 Å². The zero-order valence-electron chi connectivity index (χ0n) is 19.4. The van der Waals surface area contributed by atoms with E-state index >= 15 is 0 Å². The molecule has 0 N–H and O–H groups in total. The van der Waals surface area contributed by atoms with Gasteiger partial charge in [0.25, 0.3) is 0 Å². The molecule has 0 amide bonds. The molecule has 4 rings (SSSR count). The number of nitrogens with zero attached hydrogens (tertiary/aromatic N) is 1. The summed E-state index contributed by atoms with van der Waals surface area (Å²) in [7, 11) is 2.10. The number of benzene rings is 2. The first-order chi connectivity index (χ1) is 16.2. The molecule has 0 bridgehead atoms. The molecule has 1 aromatic heterocycles. The van der Waals surface area contributed by atoms with Gasteiger partial charge in [-0.15, -0.1) is 0 Å². The largest absolute Gasteiger partial charge is 0.490 e. The van der Waals surface area contributed by atoms with E-state index in [0.717, 1.165) is 36.9 Å². The van der Waals surface area contributed by atoms with Crippen LogP contribution >= 0.6 is 11.6 Å². The fraction of sp³-hybridized carbons (Fsp3) is 0.346. The monoisotopic (exact) mass is 483 g/mol. The van der Waals surface area contributed by atoms with E-state index in [4.69, 9.17) is 25.5 Å². The summed E-state index contributed by atoms with van der Waals surface area (Å²) in [6.07, 6.45) is 1.89. The maximum atomic E-state index is 12.8. The molecule has 2 aromatic carbocycles. The molecule has 178 valence electrons. The van der Waals surface area contributed by atoms with Crippen LogP contribution in [0.4, 0.5) is 0 Å². The molecule has 1 saturated heterocycles. The van der Waals surface area contributed by atoms with Gasteiger partial charge in [-0.25, -0.2) is 4.79 Å². The standard InChI is InChI=1S/C26H26ClNO6/c1-15-23(33-20-8-10-28(3)11-9-20)6-5-18-12-19(26(31)34-25(15)18)14-22(30)17-4-7-24(21(27)13-17)32-16(2)29/h4-7,12-13,20H,8-11,14H2,1-3H3. The van der Waals surface area contributed by atoms with Gasteiger partial charge in [-0.1, -0.05) is 11.6 Å². The van der Waals surface area contributed by atoms with Crippen molar-refractivity contribution in [3.05, 3.63) is 68.5 Å². The summed E-state index contributed by atoms with van der Waals surface area (Å²) < 4.78 is 16.8. The molecular weight excluding hydrogens is 458 g/mol. The predicted molar refractivity (Wildman–Crippen MR) is 129 cm³/mol. The first-order valence-electron chi connectivity index (χ1n) is 11.1. The second-order valence-corrected chi connectivity index (χ2v) is 9.03. The molecule has 7 nitrogen and oxygen atoms in total. The number of likely N-dealkylation sites (tertiary alicyclic amines) is 1. The summed E-state index contributed by atoms with van der Waals surface area (Å²) >= 11 is 6.12. The smallest absolute Gasteiger partial charge is 0.339 e. The number of fused-ring (bicyclic) bond motifs is 1. The molecule has 3 aromatic rings. The molecule has 0 spiro atoms. The number of piperidine rings is 1. The lowest BCUT2D eigenvalue weighted by molar-refractivity contribution is -0.131. The first kappa shape index (κ1) is 24.0. The van der Waals surface area contributed by atoms with Crippen LogP contribution in [0.1, 0.15) is 41.3 Å². The van der Waals surface area contributed by atoms with Gasteiger partial charge in [-0.2, -0.15) is 0 Å². The Labute approximate surface area is 202 Å². The van der Waals surface area contributed by atoms with E-state index < -0.39 is 11.6 Å². The minimum Gasteiger partial charge on any atom is -0.490 e. The molecular formula is C26H26ClNO6. The zero-order valence-corrected chi connectivity index (χ0v) is 20.1. The second kappa shape index (κ2) is 9.99. The summed E-state index contributed by atoms with van der Waals surface area (Å²) in [5.74, 6) is 0.0630. The Morgan fingerprint density at radius 2 is 1.82 bits per heavy atom. The van der Waals surface area contributed by atoms with E-state index in [9.17, 15) is 14.4 Å². The zero-order chi connectivity index (χ0) is 24.4. The summed E-state index contributed by atoms with van der Waals surface area (Å²) in [5.41, 5.74) is 1.21. The number of carbonyl (C=O) groups is 2. The molecule has 0 radical (unpaired) electrons. The minimum atomic E-state index is -0.567. The predicted octanol–water partition coefficient (Wildman–Crippen LogP) is 4.58. The quantitative estimate of drug-likeness (QED) is 0.219. The Morgan fingerprint density at radius 1 is 1.12 bits per heavy atom. The fourth-order valence-electron chi connectivity index (χ4n) is 4.07. The van der Waals surface area contributed by atoms with Crippen molar-refractivity contribution in [2.24, 2.45) is 0 Å². The average molecular weight is 484 g/mol. The van der Waals surface area contributed by atoms with E-state index in [-0.39, 0.29) is 34.6 Å². The van der Waals surface area contributed by atoms with Gasteiger partial charge in [0.05, 0.1) is 5.02 Å². The normalized spacial score (nSPS) is 14.8. The maximum absolute atomic E-state index is 12.8. The highest BCUT2D eigenvalue weighted by Gasteiger charge is 2.20. The Kier molecular flexibility index (Phi) is 7.05. The number of hydrogen-bond acceptors (Lipinski definition) is 7. The third kappa shape index (κ3) is 5.32. The van der Waals surface area contributed by atoms with Crippen LogP contribution in [0.2, 0.25) is 5.02 Å². The van der Waals surface area contributed by atoms with Crippen LogP contribution in [0.3, 0.4) is 0 Å². The van der Waals surface area contributed by atoms with Crippen molar-refractivity contribution in [3.63, 3.8) is 0 Å². The van der Waals surface area contributed by atoms with Crippen molar-refractivity contribution in [3.8, 4) is 11.5 Å². The summed E-state index contributed by atoms with van der Waals surface area (Å²) in [6.45, 7) is 5.11. The van der Waals surface area contributed by atoms with E-state index in [1.165, 1.54) is 25.1 Å². The van der Waals surface area contributed by atoms with Gasteiger partial charge < -0.3 is 18.8 Å². The Balaban J connectivity index is 1.54. The van der Waals surface area contributed by atoms with Gasteiger partial charge >= 0.3 is 11.6 Å². The molecule has 2 heterocycles. The lowest BCUT2D eigenvalue weighted by Crippen LogP contribution is -2.35. The van der Waals surface area contributed by atoms with Crippen LogP contribution in [0.15, 0.2) is 45.6 Å². The highest BCUT2D eigenvalue weighted by molar-refractivity contribution is 6.32. The summed E-state index contributed by atoms with van der Waals surface area (Å²) in [5, 5.41) is 0.859. The molecule has 8 heteroatoms. The van der Waals surface area contributed by atoms with E-state index in [2.05, 4.69) is 11.9 Å². The van der Waals surface area contributed by atoms with Crippen molar-refractivity contribution < 1.29 is 23.5 Å². The highest BCUT2D eigenvalue weighted by Crippen LogP contribution is 2.30. The van der Waals surface area contributed by atoms with Crippen LogP contribution in [0, 0.1) is 6.92 Å². The number of ketones is 1. The molecule has 0 unspecified atom stereocenters. The maximum Gasteiger partial charge on any atom is 0.339 e. The van der Waals surface area contributed by atoms with Gasteiger partial charge in [0.15, 0.2) is 5.78 Å². The Morgan fingerprint density at radius 3 is 2.50 bits per heavy atom. The number of Topliss-reactive ketones (excluding diaryl/α,β-unsaturated/α-hetero) is 1. The van der Waals surface area contributed by atoms with Crippen molar-refractivity contribution >= 4 is 34.3 Å². The Bertz CT molecular complexity index is 1310. The van der Waals surface area contributed by atoms with Gasteiger partial charge in [-0.3, -0.25) is 9.59 Å². The lowest BCUT2D eigenvalue weighted by Gasteiger charge is -2.29. The minimum absolute atomic E-state index is 0.134. The van der Waals surface area contributed by atoms with Crippen LogP contribution < -0.4 is 15.1 Å². The topological polar surface area (TPSA) is 86.1 Å². The van der Waals surface area contributed by atoms with Gasteiger partial charge in [-0.05, 0) is 63.2 Å². The number of hydrogen-bond donors (Lipinski definition) is 0. The van der Waals surface area contributed by atoms with E-state index in [0.29, 0.717) is 16.9 Å². The van der Waals surface area contributed by atoms with E-state index in [1.807, 2.05) is 19.1 Å². The molecule has 1 aliphatic rings. The third-order valence-corrected chi connectivity index (χ3v) is 6.29. The SMILES string of the molecule is CC(=O)Oc1ccc(C(=O)Cc2cc3ccc(OC4CCN(C)CC4)c(C)c3oc2=O)cc1Cl. The molecule has 0 saturated carbocycles. The van der Waals surface area contributed by atoms with Gasteiger partial charge in [0, 0.05) is 48.5 Å². The van der Waals surface area contributed by atoms with Crippen molar-refractivity contribution in [2.45, 2.75) is 39.2 Å². The number of ether oxygens (including phenoxy) is 2. The third-order valence-electron chi connectivity index (χ3n) is 5.99. The molecule has 0 aliphatic carbocycles. The molecule has 0 atom stereocenters. The van der Waals surface area contributed by atoms with Crippen molar-refractivity contribution in [1.82, 2.24) is 4.90 Å². The Hall–Kier alpha value is -3.16. The van der Waals surface area contributed by atoms with Crippen LogP contribution in [0.25, 0.3) is 11.0 Å². The number of aryl methyl sites for hydroxylation is 1. The number of esters is 1. The van der Waals surface area contributed by atoms with Crippen LogP contribution in [-0.4, -0.2) is 42.9 Å². The fourth-order valence-corrected chi connectivity index (χ4v) is 4.29. The molecule has 34 heavy (non-hydrogen) atoms. The number of halogens is 1. The van der Waals surface area contributed by atoms with E-state index in [1.54, 1.807) is 6.07 Å². The van der Waals surface area contributed by atoms with Crippen LogP contribution in [0.5, 0.6) is 11.5 Å². The van der Waals surface area contributed by atoms with Crippen molar-refractivity contribution in [1.29, 1.82) is 0 Å². The molecule has 1 aliphatic heterocycles. The average Bonchev–Trinajstić information content (AvgIpc) is 2.79. The summed E-state index contributed by atoms with van der Waals surface area (Å²) in [6, 6.07) is 9.78. The van der Waals surface area contributed by atoms with Gasteiger partial charge in [0.1, 0.15) is 23.2 Å². The number of rotatable bonds is 6. The highest BCUT2D eigenvalue weighted by atomic mass is 35.5.